The van der Waals surface area contributed by atoms with Gasteiger partial charge in [0, 0.05) is 5.69 Å². The molecule has 1 fully saturated rings. The van der Waals surface area contributed by atoms with Crippen molar-refractivity contribution in [1.82, 2.24) is 0 Å². The van der Waals surface area contributed by atoms with Gasteiger partial charge in [-0.05, 0) is 24.5 Å². The van der Waals surface area contributed by atoms with Crippen LogP contribution in [0.15, 0.2) is 18.2 Å². The van der Waals surface area contributed by atoms with Gasteiger partial charge in [0.1, 0.15) is 7.85 Å². The maximum atomic E-state index is 11.7. The van der Waals surface area contributed by atoms with Crippen LogP contribution >= 0.6 is 0 Å². The van der Waals surface area contributed by atoms with Crippen LogP contribution in [0.1, 0.15) is 18.4 Å². The molecule has 64 valence electrons. The first-order valence-electron chi connectivity index (χ1n) is 4.66. The summed E-state index contributed by atoms with van der Waals surface area (Å²) in [6.45, 7) is 0. The molecule has 3 rings (SSSR count). The summed E-state index contributed by atoms with van der Waals surface area (Å²) < 4.78 is 0. The average molecular weight is 171 g/mol. The highest BCUT2D eigenvalue weighted by molar-refractivity contribution is 6.35. The van der Waals surface area contributed by atoms with Crippen LogP contribution in [0.2, 0.25) is 0 Å². The highest BCUT2D eigenvalue weighted by Crippen LogP contribution is 2.54. The van der Waals surface area contributed by atoms with E-state index in [-0.39, 0.29) is 11.3 Å². The van der Waals surface area contributed by atoms with Crippen LogP contribution in [0.25, 0.3) is 0 Å². The van der Waals surface area contributed by atoms with Gasteiger partial charge in [-0.15, -0.1) is 0 Å². The van der Waals surface area contributed by atoms with E-state index < -0.39 is 0 Å². The minimum atomic E-state index is -0.124. The molecule has 0 aromatic heterocycles. The number of anilines is 1. The number of benzene rings is 1. The Hall–Kier alpha value is -1.25. The van der Waals surface area contributed by atoms with E-state index in [0.29, 0.717) is 0 Å². The van der Waals surface area contributed by atoms with E-state index in [9.17, 15) is 4.79 Å². The van der Waals surface area contributed by atoms with Gasteiger partial charge in [-0.3, -0.25) is 4.79 Å². The zero-order valence-corrected chi connectivity index (χ0v) is 7.55. The van der Waals surface area contributed by atoms with Gasteiger partial charge in [0.2, 0.25) is 5.91 Å². The van der Waals surface area contributed by atoms with E-state index in [2.05, 4.69) is 19.2 Å². The predicted octanol–water partition coefficient (Wildman–Crippen LogP) is -0.0713. The van der Waals surface area contributed by atoms with Crippen LogP contribution in [-0.2, 0) is 10.2 Å². The summed E-state index contributed by atoms with van der Waals surface area (Å²) in [5.41, 5.74) is 3.40. The number of rotatable bonds is 0. The Labute approximate surface area is 77.7 Å². The summed E-state index contributed by atoms with van der Waals surface area (Å²) >= 11 is 0. The van der Waals surface area contributed by atoms with E-state index in [1.807, 2.05) is 12.1 Å². The lowest BCUT2D eigenvalue weighted by molar-refractivity contribution is -0.117. The number of carbonyl (C=O) groups excluding carboxylic acids is 1. The summed E-state index contributed by atoms with van der Waals surface area (Å²) in [6, 6.07) is 6.07. The van der Waals surface area contributed by atoms with Crippen LogP contribution in [0, 0.1) is 0 Å². The fraction of sp³-hybridized carbons (Fsp3) is 0.300. The quantitative estimate of drug-likeness (QED) is 0.544. The molecule has 0 radical (unpaired) electrons. The lowest BCUT2D eigenvalue weighted by Gasteiger charge is -2.07. The van der Waals surface area contributed by atoms with Crippen LogP contribution in [0.5, 0.6) is 0 Å². The molecule has 1 aromatic carbocycles. The Morgan fingerprint density at radius 1 is 1.38 bits per heavy atom. The Bertz CT molecular complexity index is 409. The maximum Gasteiger partial charge on any atom is 0.235 e. The van der Waals surface area contributed by atoms with Crippen LogP contribution in [0.4, 0.5) is 5.69 Å². The van der Waals surface area contributed by atoms with Crippen molar-refractivity contribution in [2.45, 2.75) is 18.3 Å². The zero-order chi connectivity index (χ0) is 9.05. The van der Waals surface area contributed by atoms with Gasteiger partial charge in [-0.1, -0.05) is 17.6 Å². The number of hydrogen-bond donors (Lipinski definition) is 1. The Morgan fingerprint density at radius 2 is 2.15 bits per heavy atom. The molecule has 1 heterocycles. The molecule has 0 bridgehead atoms. The molecule has 3 heteroatoms. The second kappa shape index (κ2) is 1.98. The van der Waals surface area contributed by atoms with Gasteiger partial charge in [-0.2, -0.15) is 0 Å². The molecule has 1 spiro atoms. The summed E-state index contributed by atoms with van der Waals surface area (Å²) in [4.78, 5) is 11.7. The standard InChI is InChI=1S/C10H10BNO/c11-6-2-1-3-7-8(6)10(4-5-10)9(13)12-7/h1-3H,4-5,11H2,(H,12,13). The summed E-state index contributed by atoms with van der Waals surface area (Å²) in [5, 5.41) is 2.95. The number of amides is 1. The molecular formula is C10H10BNO. The predicted molar refractivity (Wildman–Crippen MR) is 54.2 cm³/mol. The van der Waals surface area contributed by atoms with Gasteiger partial charge in [0.15, 0.2) is 0 Å². The van der Waals surface area contributed by atoms with Crippen molar-refractivity contribution in [3.8, 4) is 0 Å². The van der Waals surface area contributed by atoms with Crippen LogP contribution in [-0.4, -0.2) is 13.8 Å². The molecule has 0 atom stereocenters. The zero-order valence-electron chi connectivity index (χ0n) is 7.55. The van der Waals surface area contributed by atoms with Crippen molar-refractivity contribution >= 4 is 24.9 Å². The van der Waals surface area contributed by atoms with Gasteiger partial charge in [-0.25, -0.2) is 0 Å². The number of nitrogens with one attached hydrogen (secondary N) is 1. The van der Waals surface area contributed by atoms with Crippen molar-refractivity contribution in [1.29, 1.82) is 0 Å². The van der Waals surface area contributed by atoms with E-state index in [1.165, 1.54) is 11.0 Å². The highest BCUT2D eigenvalue weighted by Gasteiger charge is 2.56. The molecule has 1 aromatic rings. The lowest BCUT2D eigenvalue weighted by atomic mass is 9.83. The Morgan fingerprint density at radius 3 is 2.85 bits per heavy atom. The third-order valence-corrected chi connectivity index (χ3v) is 3.18. The van der Waals surface area contributed by atoms with Gasteiger partial charge in [0.25, 0.3) is 0 Å². The fourth-order valence-corrected chi connectivity index (χ4v) is 2.36. The molecule has 0 saturated heterocycles. The molecule has 2 nitrogen and oxygen atoms in total. The molecule has 1 aliphatic heterocycles. The molecule has 13 heavy (non-hydrogen) atoms. The molecule has 1 amide bonds. The first-order valence-corrected chi connectivity index (χ1v) is 4.66. The second-order valence-electron chi connectivity index (χ2n) is 4.03. The number of fused-ring (bicyclic) bond motifs is 2. The minimum Gasteiger partial charge on any atom is -0.325 e. The molecule has 0 unspecified atom stereocenters. The summed E-state index contributed by atoms with van der Waals surface area (Å²) in [7, 11) is 2.08. The van der Waals surface area contributed by atoms with Gasteiger partial charge in [0.05, 0.1) is 5.41 Å². The monoisotopic (exact) mass is 171 g/mol. The van der Waals surface area contributed by atoms with E-state index in [4.69, 9.17) is 0 Å². The molecule has 1 N–H and O–H groups in total. The van der Waals surface area contributed by atoms with Crippen molar-refractivity contribution in [3.05, 3.63) is 23.8 Å². The summed E-state index contributed by atoms with van der Waals surface area (Å²) in [5.74, 6) is 0.205. The maximum absolute atomic E-state index is 11.7. The highest BCUT2D eigenvalue weighted by atomic mass is 16.2. The number of carbonyl (C=O) groups is 1. The van der Waals surface area contributed by atoms with E-state index >= 15 is 0 Å². The van der Waals surface area contributed by atoms with Crippen molar-refractivity contribution in [3.63, 3.8) is 0 Å². The number of hydrogen-bond acceptors (Lipinski definition) is 1. The smallest absolute Gasteiger partial charge is 0.235 e. The fourth-order valence-electron chi connectivity index (χ4n) is 2.36. The SMILES string of the molecule is Bc1cccc2c1C1(CC1)C(=O)N2. The van der Waals surface area contributed by atoms with Gasteiger partial charge < -0.3 is 5.32 Å². The minimum absolute atomic E-state index is 0.124. The van der Waals surface area contributed by atoms with Crippen LogP contribution in [0.3, 0.4) is 0 Å². The third-order valence-electron chi connectivity index (χ3n) is 3.18. The van der Waals surface area contributed by atoms with Crippen molar-refractivity contribution < 1.29 is 4.79 Å². The van der Waals surface area contributed by atoms with E-state index in [0.717, 1.165) is 18.5 Å². The topological polar surface area (TPSA) is 29.1 Å². The van der Waals surface area contributed by atoms with Crippen molar-refractivity contribution in [2.75, 3.05) is 5.32 Å². The second-order valence-corrected chi connectivity index (χ2v) is 4.03. The lowest BCUT2D eigenvalue weighted by Crippen LogP contribution is -2.23. The third kappa shape index (κ3) is 0.724. The van der Waals surface area contributed by atoms with Crippen molar-refractivity contribution in [2.24, 2.45) is 0 Å². The summed E-state index contributed by atoms with van der Waals surface area (Å²) in [6.07, 6.45) is 2.05. The average Bonchev–Trinajstić information content (AvgIpc) is 2.79. The Balaban J connectivity index is 2.30. The van der Waals surface area contributed by atoms with Gasteiger partial charge >= 0.3 is 0 Å². The largest absolute Gasteiger partial charge is 0.325 e. The molecule has 1 aliphatic carbocycles. The Kier molecular flexibility index (Phi) is 1.09. The first-order chi connectivity index (χ1) is 6.24. The first kappa shape index (κ1) is 7.19. The molecule has 1 saturated carbocycles. The molecular weight excluding hydrogens is 161 g/mol. The van der Waals surface area contributed by atoms with E-state index in [1.54, 1.807) is 0 Å². The van der Waals surface area contributed by atoms with Crippen LogP contribution < -0.4 is 10.8 Å². The molecule has 2 aliphatic rings. The normalized spacial score (nSPS) is 21.4.